The molecule has 1 atom stereocenters. The molecule has 2 aromatic rings. The van der Waals surface area contributed by atoms with Gasteiger partial charge in [-0.3, -0.25) is 4.79 Å². The molecule has 0 spiro atoms. The van der Waals surface area contributed by atoms with Crippen molar-refractivity contribution < 1.29 is 4.79 Å². The van der Waals surface area contributed by atoms with Gasteiger partial charge >= 0.3 is 0 Å². The normalized spacial score (nSPS) is 12.4. The van der Waals surface area contributed by atoms with Crippen molar-refractivity contribution in [3.63, 3.8) is 0 Å². The number of aromatic nitrogens is 1. The van der Waals surface area contributed by atoms with Crippen molar-refractivity contribution in [3.8, 4) is 11.3 Å². The van der Waals surface area contributed by atoms with Gasteiger partial charge in [0.2, 0.25) is 5.91 Å². The fourth-order valence-electron chi connectivity index (χ4n) is 1.75. The number of hydrogen-bond donors (Lipinski definition) is 1. The van der Waals surface area contributed by atoms with Gasteiger partial charge in [0.15, 0.2) is 5.13 Å². The van der Waals surface area contributed by atoms with Gasteiger partial charge in [0.25, 0.3) is 0 Å². The third-order valence-electron chi connectivity index (χ3n) is 3.11. The van der Waals surface area contributed by atoms with Crippen LogP contribution in [0.3, 0.4) is 0 Å². The van der Waals surface area contributed by atoms with Gasteiger partial charge in [-0.05, 0) is 26.3 Å². The molecule has 0 bridgehead atoms. The molecule has 0 aliphatic heterocycles. The van der Waals surface area contributed by atoms with Crippen molar-refractivity contribution in [3.05, 3.63) is 21.2 Å². The Hall–Kier alpha value is -1.20. The Balaban J connectivity index is 2.16. The molecule has 0 aliphatic carbocycles. The largest absolute Gasteiger partial charge is 0.302 e. The quantitative estimate of drug-likeness (QED) is 0.903. The fourth-order valence-corrected chi connectivity index (χ4v) is 3.40. The molecular weight excluding hydrogens is 276 g/mol. The maximum atomic E-state index is 11.8. The molecule has 5 heteroatoms. The Morgan fingerprint density at radius 2 is 2.21 bits per heavy atom. The van der Waals surface area contributed by atoms with E-state index in [1.165, 1.54) is 26.7 Å². The Morgan fingerprint density at radius 3 is 2.79 bits per heavy atom. The van der Waals surface area contributed by atoms with E-state index in [0.29, 0.717) is 5.13 Å². The summed E-state index contributed by atoms with van der Waals surface area (Å²) in [6.07, 6.45) is 0.840. The summed E-state index contributed by atoms with van der Waals surface area (Å²) in [5.41, 5.74) is 2.12. The van der Waals surface area contributed by atoms with Crippen LogP contribution in [0, 0.1) is 19.8 Å². The van der Waals surface area contributed by atoms with Crippen molar-refractivity contribution in [2.75, 3.05) is 5.32 Å². The summed E-state index contributed by atoms with van der Waals surface area (Å²) in [5.74, 6) is 0.0686. The first-order valence-electron chi connectivity index (χ1n) is 6.35. The number of rotatable bonds is 4. The minimum atomic E-state index is 0.0254. The summed E-state index contributed by atoms with van der Waals surface area (Å²) >= 11 is 3.25. The van der Waals surface area contributed by atoms with Crippen molar-refractivity contribution in [2.24, 2.45) is 5.92 Å². The number of hydrogen-bond acceptors (Lipinski definition) is 4. The smallest absolute Gasteiger partial charge is 0.228 e. The van der Waals surface area contributed by atoms with Gasteiger partial charge in [-0.1, -0.05) is 13.8 Å². The summed E-state index contributed by atoms with van der Waals surface area (Å²) in [4.78, 5) is 18.9. The van der Waals surface area contributed by atoms with E-state index in [2.05, 4.69) is 30.2 Å². The molecule has 0 saturated heterocycles. The molecule has 0 fully saturated rings. The number of thiazole rings is 1. The third kappa shape index (κ3) is 3.22. The second kappa shape index (κ2) is 5.84. The van der Waals surface area contributed by atoms with Crippen LogP contribution in [0.1, 0.15) is 30.0 Å². The predicted octanol–water partition coefficient (Wildman–Crippen LogP) is 4.47. The predicted molar refractivity (Wildman–Crippen MR) is 83.0 cm³/mol. The molecule has 2 heterocycles. The lowest BCUT2D eigenvalue weighted by molar-refractivity contribution is -0.119. The Bertz CT molecular complexity index is 586. The standard InChI is InChI=1S/C14H18N2OS2/c1-5-8(2)13(17)16-14-15-12(7-18-14)11-6-9(3)19-10(11)4/h6-8H,5H2,1-4H3,(H,15,16,17). The Morgan fingerprint density at radius 1 is 1.47 bits per heavy atom. The first-order valence-corrected chi connectivity index (χ1v) is 8.04. The number of carbonyl (C=O) groups excluding carboxylic acids is 1. The summed E-state index contributed by atoms with van der Waals surface area (Å²) in [6, 6.07) is 2.15. The molecule has 0 radical (unpaired) electrons. The molecule has 0 aliphatic rings. The average molecular weight is 294 g/mol. The zero-order valence-corrected chi connectivity index (χ0v) is 13.2. The molecule has 0 saturated carbocycles. The molecule has 0 aromatic carbocycles. The molecule has 2 rings (SSSR count). The summed E-state index contributed by atoms with van der Waals surface area (Å²) in [6.45, 7) is 8.13. The first-order chi connectivity index (χ1) is 9.01. The van der Waals surface area contributed by atoms with Crippen molar-refractivity contribution >= 4 is 33.7 Å². The highest BCUT2D eigenvalue weighted by atomic mass is 32.1. The monoisotopic (exact) mass is 294 g/mol. The van der Waals surface area contributed by atoms with Crippen molar-refractivity contribution in [1.82, 2.24) is 4.98 Å². The van der Waals surface area contributed by atoms with Crippen LogP contribution in [-0.4, -0.2) is 10.9 Å². The van der Waals surface area contributed by atoms with E-state index < -0.39 is 0 Å². The van der Waals surface area contributed by atoms with Crippen LogP contribution >= 0.6 is 22.7 Å². The summed E-state index contributed by atoms with van der Waals surface area (Å²) in [7, 11) is 0. The van der Waals surface area contributed by atoms with Gasteiger partial charge in [-0.2, -0.15) is 0 Å². The highest BCUT2D eigenvalue weighted by molar-refractivity contribution is 7.14. The number of carbonyl (C=O) groups is 1. The van der Waals surface area contributed by atoms with Gasteiger partial charge in [0.05, 0.1) is 5.69 Å². The molecule has 1 N–H and O–H groups in total. The highest BCUT2D eigenvalue weighted by Gasteiger charge is 2.14. The van der Waals surface area contributed by atoms with E-state index in [1.807, 2.05) is 19.2 Å². The van der Waals surface area contributed by atoms with Crippen molar-refractivity contribution in [1.29, 1.82) is 0 Å². The van der Waals surface area contributed by atoms with Crippen molar-refractivity contribution in [2.45, 2.75) is 34.1 Å². The lowest BCUT2D eigenvalue weighted by atomic mass is 10.1. The van der Waals surface area contributed by atoms with Crippen LogP contribution in [-0.2, 0) is 4.79 Å². The van der Waals surface area contributed by atoms with E-state index in [-0.39, 0.29) is 11.8 Å². The topological polar surface area (TPSA) is 42.0 Å². The summed E-state index contributed by atoms with van der Waals surface area (Å²) in [5, 5.41) is 5.57. The van der Waals surface area contributed by atoms with Gasteiger partial charge in [-0.25, -0.2) is 4.98 Å². The maximum absolute atomic E-state index is 11.8. The zero-order valence-electron chi connectivity index (χ0n) is 11.6. The Kier molecular flexibility index (Phi) is 4.37. The number of nitrogens with one attached hydrogen (secondary N) is 1. The van der Waals surface area contributed by atoms with Crippen LogP contribution in [0.5, 0.6) is 0 Å². The SMILES string of the molecule is CCC(C)C(=O)Nc1nc(-c2cc(C)sc2C)cs1. The fraction of sp³-hybridized carbons (Fsp3) is 0.429. The molecule has 3 nitrogen and oxygen atoms in total. The number of nitrogens with zero attached hydrogens (tertiary/aromatic N) is 1. The molecule has 1 amide bonds. The lowest BCUT2D eigenvalue weighted by Crippen LogP contribution is -2.19. The molecule has 19 heavy (non-hydrogen) atoms. The van der Waals surface area contributed by atoms with E-state index in [0.717, 1.165) is 12.1 Å². The average Bonchev–Trinajstić information content (AvgIpc) is 2.94. The second-order valence-corrected chi connectivity index (χ2v) is 6.98. The Labute approximate surface area is 121 Å². The minimum Gasteiger partial charge on any atom is -0.302 e. The van der Waals surface area contributed by atoms with Gasteiger partial charge in [0.1, 0.15) is 0 Å². The van der Waals surface area contributed by atoms with Crippen LogP contribution in [0.2, 0.25) is 0 Å². The van der Waals surface area contributed by atoms with Crippen LogP contribution in [0.4, 0.5) is 5.13 Å². The van der Waals surface area contributed by atoms with E-state index >= 15 is 0 Å². The molecule has 2 aromatic heterocycles. The highest BCUT2D eigenvalue weighted by Crippen LogP contribution is 2.32. The number of thiophene rings is 1. The van der Waals surface area contributed by atoms with E-state index in [4.69, 9.17) is 0 Å². The van der Waals surface area contributed by atoms with Crippen LogP contribution in [0.25, 0.3) is 11.3 Å². The lowest BCUT2D eigenvalue weighted by Gasteiger charge is -2.06. The molecular formula is C14H18N2OS2. The van der Waals surface area contributed by atoms with Gasteiger partial charge in [-0.15, -0.1) is 22.7 Å². The van der Waals surface area contributed by atoms with Crippen LogP contribution < -0.4 is 5.32 Å². The number of anilines is 1. The van der Waals surface area contributed by atoms with E-state index in [1.54, 1.807) is 11.3 Å². The minimum absolute atomic E-state index is 0.0254. The van der Waals surface area contributed by atoms with Gasteiger partial charge < -0.3 is 5.32 Å². The van der Waals surface area contributed by atoms with Gasteiger partial charge in [0, 0.05) is 26.6 Å². The van der Waals surface area contributed by atoms with E-state index in [9.17, 15) is 4.79 Å². The number of aryl methyl sites for hydroxylation is 2. The first kappa shape index (κ1) is 14.2. The second-order valence-electron chi connectivity index (χ2n) is 4.66. The third-order valence-corrected chi connectivity index (χ3v) is 4.83. The van der Waals surface area contributed by atoms with Crippen LogP contribution in [0.15, 0.2) is 11.4 Å². The molecule has 1 unspecified atom stereocenters. The summed E-state index contributed by atoms with van der Waals surface area (Å²) < 4.78 is 0. The molecule has 102 valence electrons. The number of amides is 1. The maximum Gasteiger partial charge on any atom is 0.228 e. The zero-order chi connectivity index (χ0) is 14.0.